The van der Waals surface area contributed by atoms with E-state index in [2.05, 4.69) is 12.1 Å². The summed E-state index contributed by atoms with van der Waals surface area (Å²) in [6, 6.07) is 8.03. The van der Waals surface area contributed by atoms with Crippen molar-refractivity contribution in [1.82, 2.24) is 0 Å². The molecule has 4 bridgehead atoms. The summed E-state index contributed by atoms with van der Waals surface area (Å²) in [6.45, 7) is -0.117. The van der Waals surface area contributed by atoms with E-state index >= 15 is 0 Å². The average Bonchev–Trinajstić information content (AvgIpc) is 2.71. The zero-order chi connectivity index (χ0) is 19.8. The average molecular weight is 395 g/mol. The van der Waals surface area contributed by atoms with Crippen molar-refractivity contribution in [3.63, 3.8) is 0 Å². The summed E-state index contributed by atoms with van der Waals surface area (Å²) >= 11 is 0. The van der Waals surface area contributed by atoms with E-state index in [9.17, 15) is 9.59 Å². The van der Waals surface area contributed by atoms with Gasteiger partial charge in [-0.05, 0) is 86.0 Å². The minimum Gasteiger partial charge on any atom is -0.457 e. The Morgan fingerprint density at radius 2 is 1.45 bits per heavy atom. The fraction of sp³-hybridized carbons (Fsp3) is 0.692. The van der Waals surface area contributed by atoms with Crippen LogP contribution in [0, 0.1) is 23.2 Å². The molecule has 156 valence electrons. The highest BCUT2D eigenvalue weighted by Crippen LogP contribution is 2.61. The molecule has 0 atom stereocenters. The molecule has 0 amide bonds. The fourth-order valence-corrected chi connectivity index (χ4v) is 7.47. The molecule has 5 fully saturated rings. The lowest BCUT2D eigenvalue weighted by atomic mass is 9.49. The van der Waals surface area contributed by atoms with Crippen LogP contribution in [0.5, 0.6) is 0 Å². The molecule has 5 aliphatic rings. The normalized spacial score (nSPS) is 33.6. The summed E-state index contributed by atoms with van der Waals surface area (Å²) in [6.07, 6.45) is 14.7. The highest BCUT2D eigenvalue weighted by atomic mass is 16.5. The predicted octanol–water partition coefficient (Wildman–Crippen LogP) is 6.07. The molecule has 3 nitrogen and oxygen atoms in total. The maximum absolute atomic E-state index is 12.5. The van der Waals surface area contributed by atoms with E-state index in [1.54, 1.807) is 0 Å². The molecule has 5 aliphatic carbocycles. The van der Waals surface area contributed by atoms with Gasteiger partial charge < -0.3 is 4.74 Å². The van der Waals surface area contributed by atoms with Gasteiger partial charge >= 0.3 is 5.97 Å². The second kappa shape index (κ2) is 7.89. The SMILES string of the molecule is O=C(CC12CC3CC(CC(C3)C1)C2)OCC(=O)c1ccc(C2CCCCC2)cc1. The second-order valence-electron chi connectivity index (χ2n) is 10.6. The molecule has 0 spiro atoms. The van der Waals surface area contributed by atoms with E-state index in [-0.39, 0.29) is 23.8 Å². The number of rotatable bonds is 6. The van der Waals surface area contributed by atoms with Gasteiger partial charge in [-0.1, -0.05) is 43.5 Å². The van der Waals surface area contributed by atoms with E-state index in [0.717, 1.165) is 17.8 Å². The second-order valence-corrected chi connectivity index (χ2v) is 10.6. The summed E-state index contributed by atoms with van der Waals surface area (Å²) in [4.78, 5) is 25.1. The van der Waals surface area contributed by atoms with Gasteiger partial charge in [-0.2, -0.15) is 0 Å². The number of esters is 1. The molecule has 0 N–H and O–H groups in total. The van der Waals surface area contributed by atoms with Gasteiger partial charge in [-0.25, -0.2) is 0 Å². The molecule has 0 heterocycles. The Balaban J connectivity index is 1.13. The van der Waals surface area contributed by atoms with Crippen molar-refractivity contribution in [2.45, 2.75) is 83.0 Å². The maximum atomic E-state index is 12.5. The highest BCUT2D eigenvalue weighted by Gasteiger charge is 2.51. The van der Waals surface area contributed by atoms with Crippen LogP contribution in [0.1, 0.15) is 98.9 Å². The Kier molecular flexibility index (Phi) is 5.26. The van der Waals surface area contributed by atoms with Gasteiger partial charge in [0, 0.05) is 5.56 Å². The molecule has 1 aromatic carbocycles. The first-order valence-electron chi connectivity index (χ1n) is 11.9. The molecule has 0 saturated heterocycles. The molecule has 29 heavy (non-hydrogen) atoms. The number of Topliss-reactive ketones (excluding diaryl/α,β-unsaturated/α-hetero) is 1. The summed E-state index contributed by atoms with van der Waals surface area (Å²) in [5, 5.41) is 0. The molecule has 0 radical (unpaired) electrons. The molecular weight excluding hydrogens is 360 g/mol. The first-order chi connectivity index (χ1) is 14.1. The zero-order valence-corrected chi connectivity index (χ0v) is 17.5. The molecule has 0 unspecified atom stereocenters. The summed E-state index contributed by atoms with van der Waals surface area (Å²) in [5.41, 5.74) is 2.18. The maximum Gasteiger partial charge on any atom is 0.306 e. The highest BCUT2D eigenvalue weighted by molar-refractivity contribution is 5.98. The number of ketones is 1. The largest absolute Gasteiger partial charge is 0.457 e. The number of carbonyl (C=O) groups is 2. The van der Waals surface area contributed by atoms with Gasteiger partial charge in [0.1, 0.15) is 0 Å². The van der Waals surface area contributed by atoms with Crippen molar-refractivity contribution in [3.8, 4) is 0 Å². The Bertz CT molecular complexity index is 721. The van der Waals surface area contributed by atoms with Crippen LogP contribution in [0.25, 0.3) is 0 Å². The quantitative estimate of drug-likeness (QED) is 0.435. The van der Waals surface area contributed by atoms with Gasteiger partial charge in [-0.15, -0.1) is 0 Å². The number of hydrogen-bond donors (Lipinski definition) is 0. The van der Waals surface area contributed by atoms with Crippen LogP contribution in [-0.4, -0.2) is 18.4 Å². The van der Waals surface area contributed by atoms with Crippen molar-refractivity contribution in [3.05, 3.63) is 35.4 Å². The molecule has 3 heteroatoms. The molecule has 6 rings (SSSR count). The van der Waals surface area contributed by atoms with Crippen LogP contribution in [0.2, 0.25) is 0 Å². The minimum atomic E-state index is -0.167. The Morgan fingerprint density at radius 1 is 0.862 bits per heavy atom. The van der Waals surface area contributed by atoms with E-state index in [0.29, 0.717) is 17.9 Å². The third kappa shape index (κ3) is 4.15. The van der Waals surface area contributed by atoms with Crippen LogP contribution in [-0.2, 0) is 9.53 Å². The lowest BCUT2D eigenvalue weighted by Gasteiger charge is -2.56. The number of hydrogen-bond acceptors (Lipinski definition) is 3. The lowest BCUT2D eigenvalue weighted by molar-refractivity contribution is -0.150. The standard InChI is InChI=1S/C26H34O3/c27-24(23-8-6-22(7-9-23)21-4-2-1-3-5-21)17-29-25(28)16-26-13-18-10-19(14-26)12-20(11-18)15-26/h6-9,18-21H,1-5,10-17H2. The topological polar surface area (TPSA) is 43.4 Å². The molecule has 0 aromatic heterocycles. The van der Waals surface area contributed by atoms with E-state index in [1.165, 1.54) is 76.2 Å². The minimum absolute atomic E-state index is 0.0842. The van der Waals surface area contributed by atoms with Gasteiger partial charge in [0.05, 0.1) is 6.42 Å². The molecule has 1 aromatic rings. The third-order valence-corrected chi connectivity index (χ3v) is 8.36. The van der Waals surface area contributed by atoms with Crippen molar-refractivity contribution in [2.75, 3.05) is 6.61 Å². The van der Waals surface area contributed by atoms with Crippen LogP contribution >= 0.6 is 0 Å². The predicted molar refractivity (Wildman–Crippen MR) is 113 cm³/mol. The van der Waals surface area contributed by atoms with Crippen LogP contribution in [0.15, 0.2) is 24.3 Å². The molecular formula is C26H34O3. The van der Waals surface area contributed by atoms with Crippen LogP contribution in [0.4, 0.5) is 0 Å². The Morgan fingerprint density at radius 3 is 2.03 bits per heavy atom. The van der Waals surface area contributed by atoms with Crippen molar-refractivity contribution in [1.29, 1.82) is 0 Å². The number of carbonyl (C=O) groups excluding carboxylic acids is 2. The van der Waals surface area contributed by atoms with Crippen molar-refractivity contribution >= 4 is 11.8 Å². The smallest absolute Gasteiger partial charge is 0.306 e. The summed E-state index contributed by atoms with van der Waals surface area (Å²) < 4.78 is 5.46. The summed E-state index contributed by atoms with van der Waals surface area (Å²) in [7, 11) is 0. The summed E-state index contributed by atoms with van der Waals surface area (Å²) in [5.74, 6) is 2.89. The first kappa shape index (κ1) is 19.3. The van der Waals surface area contributed by atoms with Gasteiger partial charge in [-0.3, -0.25) is 9.59 Å². The molecule has 5 saturated carbocycles. The van der Waals surface area contributed by atoms with Gasteiger partial charge in [0.2, 0.25) is 0 Å². The van der Waals surface area contributed by atoms with Crippen LogP contribution in [0.3, 0.4) is 0 Å². The monoisotopic (exact) mass is 394 g/mol. The van der Waals surface area contributed by atoms with Crippen LogP contribution < -0.4 is 0 Å². The Labute approximate surface area is 174 Å². The molecule has 0 aliphatic heterocycles. The van der Waals surface area contributed by atoms with Crippen molar-refractivity contribution in [2.24, 2.45) is 23.2 Å². The van der Waals surface area contributed by atoms with E-state index in [1.807, 2.05) is 12.1 Å². The van der Waals surface area contributed by atoms with Crippen molar-refractivity contribution < 1.29 is 14.3 Å². The van der Waals surface area contributed by atoms with E-state index in [4.69, 9.17) is 4.74 Å². The van der Waals surface area contributed by atoms with Gasteiger partial charge in [0.25, 0.3) is 0 Å². The lowest BCUT2D eigenvalue weighted by Crippen LogP contribution is -2.47. The van der Waals surface area contributed by atoms with E-state index < -0.39 is 0 Å². The third-order valence-electron chi connectivity index (χ3n) is 8.36. The zero-order valence-electron chi connectivity index (χ0n) is 17.5. The van der Waals surface area contributed by atoms with Gasteiger partial charge in [0.15, 0.2) is 12.4 Å². The number of benzene rings is 1. The number of ether oxygens (including phenoxy) is 1. The Hall–Kier alpha value is -1.64. The fourth-order valence-electron chi connectivity index (χ4n) is 7.47. The first-order valence-corrected chi connectivity index (χ1v) is 11.9.